The Morgan fingerprint density at radius 3 is 2.66 bits per heavy atom. The molecule has 1 aromatic heterocycles. The zero-order chi connectivity index (χ0) is 30.5. The van der Waals surface area contributed by atoms with Crippen LogP contribution in [0.25, 0.3) is 10.8 Å². The van der Waals surface area contributed by atoms with Gasteiger partial charge in [0.05, 0.1) is 46.9 Å². The molecule has 232 valence electrons. The van der Waals surface area contributed by atoms with E-state index in [0.29, 0.717) is 32.0 Å². The van der Waals surface area contributed by atoms with Crippen molar-refractivity contribution < 1.29 is 17.7 Å². The summed E-state index contributed by atoms with van der Waals surface area (Å²) < 4.78 is 33.5. The van der Waals surface area contributed by atoms with Crippen molar-refractivity contribution >= 4 is 49.9 Å². The summed E-state index contributed by atoms with van der Waals surface area (Å²) in [6.45, 7) is 7.85. The van der Waals surface area contributed by atoms with Crippen LogP contribution in [0, 0.1) is 5.92 Å². The van der Waals surface area contributed by atoms with Crippen molar-refractivity contribution in [1.29, 1.82) is 0 Å². The molecule has 8 nitrogen and oxygen atoms in total. The lowest BCUT2D eigenvalue weighted by atomic mass is 9.95. The summed E-state index contributed by atoms with van der Waals surface area (Å²) in [7, 11) is -1.25. The number of hydrogen-bond acceptors (Lipinski definition) is 7. The highest BCUT2D eigenvalue weighted by Crippen LogP contribution is 2.40. The number of aromatic nitrogens is 2. The van der Waals surface area contributed by atoms with Crippen molar-refractivity contribution in [3.63, 3.8) is 0 Å². The molecule has 2 aromatic carbocycles. The smallest absolute Gasteiger partial charge is 0.434 e. The Balaban J connectivity index is 1.22. The zero-order valence-electron chi connectivity index (χ0n) is 25.4. The molecule has 44 heavy (non-hydrogen) atoms. The minimum absolute atomic E-state index is 0.0959. The third-order valence-electron chi connectivity index (χ3n) is 10.4. The second kappa shape index (κ2) is 11.7. The minimum Gasteiger partial charge on any atom is -0.443 e. The van der Waals surface area contributed by atoms with E-state index in [1.165, 1.54) is 12.8 Å². The fraction of sp³-hybridized carbons (Fsp3) is 0.500. The van der Waals surface area contributed by atoms with E-state index < -0.39 is 9.84 Å². The molecule has 0 bridgehead atoms. The molecule has 3 aromatic rings. The van der Waals surface area contributed by atoms with Gasteiger partial charge in [0, 0.05) is 40.3 Å². The Morgan fingerprint density at radius 2 is 1.89 bits per heavy atom. The van der Waals surface area contributed by atoms with E-state index in [0.717, 1.165) is 89.3 Å². The maximum atomic E-state index is 12.4. The lowest BCUT2D eigenvalue weighted by molar-refractivity contribution is -0.407. The molecule has 1 unspecified atom stereocenters. The van der Waals surface area contributed by atoms with Crippen molar-refractivity contribution in [1.82, 2.24) is 14.9 Å². The van der Waals surface area contributed by atoms with Gasteiger partial charge in [-0.3, -0.25) is 4.90 Å². The summed E-state index contributed by atoms with van der Waals surface area (Å²) in [4.78, 5) is 15.0. The van der Waals surface area contributed by atoms with E-state index >= 15 is 0 Å². The first kappa shape index (κ1) is 29.7. The molecular weight excluding hydrogens is 594 g/mol. The van der Waals surface area contributed by atoms with Gasteiger partial charge < -0.3 is 9.64 Å². The molecule has 0 spiro atoms. The number of nitrogens with zero attached hydrogens (tertiary/aromatic N) is 5. The summed E-state index contributed by atoms with van der Waals surface area (Å²) >= 11 is 6.72. The van der Waals surface area contributed by atoms with Crippen LogP contribution in [-0.4, -0.2) is 78.2 Å². The lowest BCUT2D eigenvalue weighted by Crippen LogP contribution is -2.43. The molecule has 0 amide bonds. The van der Waals surface area contributed by atoms with Gasteiger partial charge in [-0.15, -0.1) is 0 Å². The van der Waals surface area contributed by atoms with Crippen LogP contribution in [0.2, 0.25) is 5.02 Å². The van der Waals surface area contributed by atoms with Crippen molar-refractivity contribution in [2.24, 2.45) is 5.92 Å². The summed E-state index contributed by atoms with van der Waals surface area (Å²) in [6, 6.07) is 12.8. The van der Waals surface area contributed by atoms with Crippen LogP contribution in [0.5, 0.6) is 6.01 Å². The van der Waals surface area contributed by atoms with Gasteiger partial charge in [0.25, 0.3) is 0 Å². The number of benzene rings is 2. The van der Waals surface area contributed by atoms with Crippen LogP contribution in [0.3, 0.4) is 0 Å². The van der Waals surface area contributed by atoms with Crippen molar-refractivity contribution in [2.75, 3.05) is 38.2 Å². The largest absolute Gasteiger partial charge is 0.443 e. The van der Waals surface area contributed by atoms with Gasteiger partial charge in [0.2, 0.25) is 0 Å². The van der Waals surface area contributed by atoms with E-state index in [-0.39, 0.29) is 16.7 Å². The molecule has 7 rings (SSSR count). The Hall–Kier alpha value is -3.01. The number of sulfone groups is 1. The predicted octanol–water partition coefficient (Wildman–Crippen LogP) is 5.92. The molecule has 2 saturated heterocycles. The van der Waals surface area contributed by atoms with Gasteiger partial charge in [-0.25, -0.2) is 13.0 Å². The maximum absolute atomic E-state index is 12.4. The second-order valence-electron chi connectivity index (χ2n) is 13.0. The van der Waals surface area contributed by atoms with Crippen molar-refractivity contribution in [2.45, 2.75) is 68.7 Å². The summed E-state index contributed by atoms with van der Waals surface area (Å²) in [6.07, 6.45) is 9.75. The molecule has 4 heterocycles. The molecule has 1 aliphatic carbocycles. The SMILES string of the molecule is C=CS(=O)(=O)[C@H]1CCC(/C=[N+](\C)c2nc(OCC34CCCN3CCC4)nc3c2CCN(c2cccc4cccc(Cl)c24)C3)C1. The highest BCUT2D eigenvalue weighted by molar-refractivity contribution is 7.94. The van der Waals surface area contributed by atoms with Gasteiger partial charge in [-0.2, -0.15) is 4.98 Å². The Bertz CT molecular complexity index is 1730. The van der Waals surface area contributed by atoms with Crippen molar-refractivity contribution in [3.8, 4) is 6.01 Å². The number of anilines is 1. The standard InChI is InChI=1S/C34H41ClN5O3S/c1-3-44(41,42)26-13-12-24(20-26)21-38(2)32-27-14-19-39(30-11-5-9-25-8-4-10-28(35)31(25)30)22-29(27)36-33(37-32)43-23-34-15-6-17-40(34)18-7-16-34/h3-5,8-11,21,24,26H,1,6-7,12-20,22-23H2,2H3/q+1/b38-21+/t24?,26-/m0/s1. The molecule has 1 saturated carbocycles. The lowest BCUT2D eigenvalue weighted by Gasteiger charge is -2.32. The number of fused-ring (bicyclic) bond motifs is 3. The predicted molar refractivity (Wildman–Crippen MR) is 176 cm³/mol. The molecule has 2 atom stereocenters. The zero-order valence-corrected chi connectivity index (χ0v) is 27.0. The van der Waals surface area contributed by atoms with Gasteiger partial charge in [-0.05, 0) is 75.6 Å². The number of ether oxygens (including phenoxy) is 1. The third kappa shape index (κ3) is 5.41. The van der Waals surface area contributed by atoms with E-state index in [9.17, 15) is 8.42 Å². The normalized spacial score (nSPS) is 23.6. The molecule has 10 heteroatoms. The maximum Gasteiger partial charge on any atom is 0.434 e. The average Bonchev–Trinajstić information content (AvgIpc) is 3.76. The van der Waals surface area contributed by atoms with Gasteiger partial charge in [-0.1, -0.05) is 42.4 Å². The van der Waals surface area contributed by atoms with Crippen LogP contribution in [0.4, 0.5) is 11.5 Å². The highest BCUT2D eigenvalue weighted by Gasteiger charge is 2.45. The number of halogens is 1. The first-order chi connectivity index (χ1) is 21.3. The molecular formula is C34H41ClN5O3S+. The summed E-state index contributed by atoms with van der Waals surface area (Å²) in [5, 5.41) is 3.67. The fourth-order valence-electron chi connectivity index (χ4n) is 8.08. The van der Waals surface area contributed by atoms with Gasteiger partial charge >= 0.3 is 11.8 Å². The van der Waals surface area contributed by atoms with Crippen LogP contribution in [0.15, 0.2) is 48.4 Å². The van der Waals surface area contributed by atoms with Gasteiger partial charge in [0.1, 0.15) is 6.61 Å². The van der Waals surface area contributed by atoms with Gasteiger partial charge in [0.15, 0.2) is 9.84 Å². The second-order valence-corrected chi connectivity index (χ2v) is 15.5. The first-order valence-corrected chi connectivity index (χ1v) is 17.9. The minimum atomic E-state index is -3.27. The van der Waals surface area contributed by atoms with Crippen LogP contribution in [0.1, 0.15) is 56.2 Å². The molecule has 3 fully saturated rings. The highest BCUT2D eigenvalue weighted by atomic mass is 35.5. The Kier molecular flexibility index (Phi) is 7.91. The molecule has 4 aliphatic rings. The number of hydrogen-bond donors (Lipinski definition) is 0. The topological polar surface area (TPSA) is 78.6 Å². The van der Waals surface area contributed by atoms with E-state index in [1.54, 1.807) is 0 Å². The molecule has 0 radical (unpaired) electrons. The van der Waals surface area contributed by atoms with E-state index in [2.05, 4.69) is 51.4 Å². The van der Waals surface area contributed by atoms with Crippen LogP contribution < -0.4 is 9.64 Å². The first-order valence-electron chi connectivity index (χ1n) is 15.9. The monoisotopic (exact) mass is 634 g/mol. The van der Waals surface area contributed by atoms with E-state index in [1.807, 2.05) is 19.2 Å². The fourth-order valence-corrected chi connectivity index (χ4v) is 9.61. The van der Waals surface area contributed by atoms with Crippen LogP contribution in [-0.2, 0) is 22.8 Å². The van der Waals surface area contributed by atoms with Crippen LogP contribution >= 0.6 is 11.6 Å². The quantitative estimate of drug-likeness (QED) is 0.225. The van der Waals surface area contributed by atoms with Crippen molar-refractivity contribution in [3.05, 3.63) is 64.7 Å². The number of rotatable bonds is 8. The molecule has 3 aliphatic heterocycles. The van der Waals surface area contributed by atoms with E-state index in [4.69, 9.17) is 26.3 Å². The Morgan fingerprint density at radius 1 is 1.11 bits per heavy atom. The molecule has 0 N–H and O–H groups in total. The summed E-state index contributed by atoms with van der Waals surface area (Å²) in [5.41, 5.74) is 3.28. The average molecular weight is 635 g/mol. The Labute approximate surface area is 265 Å². The third-order valence-corrected chi connectivity index (χ3v) is 12.5. The summed E-state index contributed by atoms with van der Waals surface area (Å²) in [5.74, 6) is 1.000.